The summed E-state index contributed by atoms with van der Waals surface area (Å²) in [5.74, 6) is 0.686. The third kappa shape index (κ3) is 25.5. The average Bonchev–Trinajstić information content (AvgIpc) is 3.78. The van der Waals surface area contributed by atoms with Gasteiger partial charge < -0.3 is 58.6 Å². The molecule has 19 heteroatoms. The number of carbonyl (C=O) groups excluding carboxylic acids is 5. The summed E-state index contributed by atoms with van der Waals surface area (Å²) in [6.45, 7) is 20.0. The van der Waals surface area contributed by atoms with Gasteiger partial charge in [0.15, 0.2) is 0 Å². The van der Waals surface area contributed by atoms with Gasteiger partial charge in [-0.05, 0) is 56.3 Å². The van der Waals surface area contributed by atoms with Crippen LogP contribution in [0.5, 0.6) is 0 Å². The standard InChI is InChI=1S/C39H66N6O13.2C2H6/c1-29(2)37(38(49)40-10-13-46)42-36(48)9-15-52-19-23-55-25-21-54-17-12-45-35-7-5-32-31(4-6-34(35)43-44-45)33(32)28-58-39(50)41-11-16-53-20-24-57-27-26-56-22-18-51-14-8-30(3)47;2*1-2/h13,29,31-33,37H,4-12,14-28H2,1-3H3,(H,40,49)(H,41,50)(H,42,48);2*1-2H3. The van der Waals surface area contributed by atoms with Crippen LogP contribution in [0.25, 0.3) is 0 Å². The van der Waals surface area contributed by atoms with Crippen molar-refractivity contribution in [1.82, 2.24) is 30.9 Å². The van der Waals surface area contributed by atoms with Gasteiger partial charge in [-0.2, -0.15) is 0 Å². The van der Waals surface area contributed by atoms with Crippen molar-refractivity contribution in [2.24, 2.45) is 23.7 Å². The van der Waals surface area contributed by atoms with Gasteiger partial charge >= 0.3 is 6.09 Å². The molecule has 19 nitrogen and oxygen atoms in total. The quantitative estimate of drug-likeness (QED) is 0.0668. The van der Waals surface area contributed by atoms with Crippen molar-refractivity contribution in [1.29, 1.82) is 0 Å². The monoisotopic (exact) mass is 887 g/mol. The van der Waals surface area contributed by atoms with Crippen LogP contribution < -0.4 is 16.0 Å². The molecular weight excluding hydrogens is 809 g/mol. The fourth-order valence-electron chi connectivity index (χ4n) is 6.57. The molecule has 1 aromatic heterocycles. The van der Waals surface area contributed by atoms with Crippen LogP contribution in [0, 0.1) is 23.7 Å². The summed E-state index contributed by atoms with van der Waals surface area (Å²) in [4.78, 5) is 57.9. The molecule has 1 fully saturated rings. The second-order valence-electron chi connectivity index (χ2n) is 14.5. The number of fused-ring (bicyclic) bond motifs is 2. The predicted molar refractivity (Wildman–Crippen MR) is 231 cm³/mol. The molecule has 4 atom stereocenters. The van der Waals surface area contributed by atoms with E-state index in [1.807, 2.05) is 46.2 Å². The molecule has 62 heavy (non-hydrogen) atoms. The highest BCUT2D eigenvalue weighted by Crippen LogP contribution is 2.52. The van der Waals surface area contributed by atoms with Gasteiger partial charge in [-0.3, -0.25) is 14.4 Å². The summed E-state index contributed by atoms with van der Waals surface area (Å²) in [7, 11) is 0. The first-order valence-corrected chi connectivity index (χ1v) is 22.6. The number of nitrogens with zero attached hydrogens (tertiary/aromatic N) is 3. The maximum absolute atomic E-state index is 12.3. The first-order chi connectivity index (χ1) is 30.2. The van der Waals surface area contributed by atoms with Crippen molar-refractivity contribution in [2.75, 3.05) is 112 Å². The molecule has 2 aliphatic carbocycles. The average molecular weight is 887 g/mol. The lowest BCUT2D eigenvalue weighted by Gasteiger charge is -2.21. The van der Waals surface area contributed by atoms with E-state index in [0.717, 1.165) is 37.1 Å². The van der Waals surface area contributed by atoms with E-state index in [1.165, 1.54) is 6.92 Å². The summed E-state index contributed by atoms with van der Waals surface area (Å²) >= 11 is 0. The maximum atomic E-state index is 12.3. The zero-order valence-electron chi connectivity index (χ0n) is 38.6. The molecule has 0 aliphatic heterocycles. The zero-order chi connectivity index (χ0) is 45.8. The van der Waals surface area contributed by atoms with Gasteiger partial charge in [0.2, 0.25) is 11.8 Å². The molecule has 0 radical (unpaired) electrons. The van der Waals surface area contributed by atoms with Crippen molar-refractivity contribution < 1.29 is 61.9 Å². The van der Waals surface area contributed by atoms with Crippen molar-refractivity contribution in [3.05, 3.63) is 11.4 Å². The second-order valence-corrected chi connectivity index (χ2v) is 14.5. The molecule has 3 amide bonds. The van der Waals surface area contributed by atoms with Crippen LogP contribution in [0.1, 0.15) is 85.5 Å². The summed E-state index contributed by atoms with van der Waals surface area (Å²) in [6, 6.07) is -0.717. The molecule has 0 bridgehead atoms. The van der Waals surface area contributed by atoms with Crippen LogP contribution in [0.3, 0.4) is 0 Å². The molecule has 0 saturated heterocycles. The van der Waals surface area contributed by atoms with E-state index in [2.05, 4.69) is 26.3 Å². The normalized spacial score (nSPS) is 16.7. The first kappa shape index (κ1) is 56.4. The number of Topliss-reactive ketones (excluding diaryl/α,β-unsaturated/α-hetero) is 1. The number of amides is 3. The minimum atomic E-state index is -0.717. The van der Waals surface area contributed by atoms with E-state index >= 15 is 0 Å². The van der Waals surface area contributed by atoms with Gasteiger partial charge in [0, 0.05) is 19.4 Å². The van der Waals surface area contributed by atoms with Crippen LogP contribution >= 0.6 is 0 Å². The highest BCUT2D eigenvalue weighted by molar-refractivity contribution is 5.88. The molecule has 2 aliphatic rings. The van der Waals surface area contributed by atoms with E-state index in [-0.39, 0.29) is 37.2 Å². The summed E-state index contributed by atoms with van der Waals surface area (Å²) in [5.41, 5.74) is 2.18. The van der Waals surface area contributed by atoms with Gasteiger partial charge in [0.25, 0.3) is 0 Å². The molecule has 0 spiro atoms. The molecule has 4 unspecified atom stereocenters. The third-order valence-corrected chi connectivity index (χ3v) is 9.78. The van der Waals surface area contributed by atoms with Crippen LogP contribution in [-0.4, -0.2) is 163 Å². The predicted octanol–water partition coefficient (Wildman–Crippen LogP) is 2.74. The lowest BCUT2D eigenvalue weighted by atomic mass is 10.0. The van der Waals surface area contributed by atoms with E-state index in [1.54, 1.807) is 0 Å². The minimum Gasteiger partial charge on any atom is -0.449 e. The Morgan fingerprint density at radius 2 is 1.23 bits per heavy atom. The number of aldehydes is 1. The Hall–Kier alpha value is -3.59. The van der Waals surface area contributed by atoms with E-state index in [9.17, 15) is 24.0 Å². The lowest BCUT2D eigenvalue weighted by molar-refractivity contribution is -0.131. The maximum Gasteiger partial charge on any atom is 0.407 e. The topological polar surface area (TPSA) is 226 Å². The van der Waals surface area contributed by atoms with Gasteiger partial charge in [-0.1, -0.05) is 46.8 Å². The number of alkyl carbamates (subject to hydrolysis) is 1. The largest absolute Gasteiger partial charge is 0.449 e. The third-order valence-electron chi connectivity index (χ3n) is 9.78. The smallest absolute Gasteiger partial charge is 0.407 e. The molecule has 1 saturated carbocycles. The highest BCUT2D eigenvalue weighted by atomic mass is 16.6. The van der Waals surface area contributed by atoms with Crippen LogP contribution in [0.4, 0.5) is 4.79 Å². The molecule has 3 N–H and O–H groups in total. The minimum absolute atomic E-state index is 0.0954. The number of hydrogen-bond donors (Lipinski definition) is 3. The van der Waals surface area contributed by atoms with Crippen molar-refractivity contribution in [3.8, 4) is 0 Å². The molecule has 1 aromatic rings. The van der Waals surface area contributed by atoms with Crippen LogP contribution in [-0.2, 0) is 76.5 Å². The Labute approximate surface area is 369 Å². The Morgan fingerprint density at radius 3 is 1.77 bits per heavy atom. The molecule has 3 rings (SSSR count). The second kappa shape index (κ2) is 36.8. The van der Waals surface area contributed by atoms with Crippen molar-refractivity contribution in [3.63, 3.8) is 0 Å². The Kier molecular flexibility index (Phi) is 33.5. The number of ketones is 1. The zero-order valence-corrected chi connectivity index (χ0v) is 38.6. The fraction of sp³-hybridized carbons (Fsp3) is 0.837. The summed E-state index contributed by atoms with van der Waals surface area (Å²) < 4.78 is 45.9. The number of hydrogen-bond acceptors (Lipinski definition) is 15. The summed E-state index contributed by atoms with van der Waals surface area (Å²) in [5, 5.41) is 16.7. The number of carbonyl (C=O) groups is 5. The highest BCUT2D eigenvalue weighted by Gasteiger charge is 2.50. The summed E-state index contributed by atoms with van der Waals surface area (Å²) in [6.07, 6.45) is 4.40. The number of nitrogens with one attached hydrogen (secondary N) is 3. The van der Waals surface area contributed by atoms with Gasteiger partial charge in [-0.15, -0.1) is 5.10 Å². The van der Waals surface area contributed by atoms with E-state index < -0.39 is 18.0 Å². The van der Waals surface area contributed by atoms with Crippen molar-refractivity contribution >= 4 is 30.0 Å². The number of ether oxygens (including phenoxy) is 8. The van der Waals surface area contributed by atoms with Crippen LogP contribution in [0.15, 0.2) is 0 Å². The van der Waals surface area contributed by atoms with E-state index in [4.69, 9.17) is 37.9 Å². The number of aryl methyl sites for hydroxylation is 1. The van der Waals surface area contributed by atoms with E-state index in [0.29, 0.717) is 136 Å². The molecule has 1 heterocycles. The molecule has 0 aromatic carbocycles. The first-order valence-electron chi connectivity index (χ1n) is 22.6. The fourth-order valence-corrected chi connectivity index (χ4v) is 6.57. The molecule has 358 valence electrons. The Bertz CT molecular complexity index is 1350. The SMILES string of the molecule is CC.CC.CC(=O)CCOCCOCCOCCOCCNC(=O)OCC1C2CCc3nnn(CCOCCOCCOCCC(=O)NC(C(=O)NCC=O)C(C)C)c3CCC21. The lowest BCUT2D eigenvalue weighted by Crippen LogP contribution is -2.50. The van der Waals surface area contributed by atoms with Crippen LogP contribution in [0.2, 0.25) is 0 Å². The Balaban J connectivity index is 0.00000466. The number of rotatable bonds is 34. The molecular formula is C43H78N6O13. The van der Waals surface area contributed by atoms with Crippen molar-refractivity contribution in [2.45, 2.75) is 99.6 Å². The van der Waals surface area contributed by atoms with Gasteiger partial charge in [0.1, 0.15) is 18.1 Å². The number of aromatic nitrogens is 3. The Morgan fingerprint density at radius 1 is 0.710 bits per heavy atom. The van der Waals surface area contributed by atoms with Gasteiger partial charge in [-0.25, -0.2) is 9.48 Å². The van der Waals surface area contributed by atoms with Gasteiger partial charge in [0.05, 0.1) is 124 Å².